The van der Waals surface area contributed by atoms with Crippen molar-refractivity contribution in [2.24, 2.45) is 0 Å². The standard InChI is InChI=1S/C17H15F6NO/c18-16(19,20)13-6-11(7-14(8-13)17(21,22)23)9-25-10-15(24)12-4-2-1-3-5-12/h1-8,15H,9-10,24H2/p+1. The topological polar surface area (TPSA) is 36.9 Å². The second kappa shape index (κ2) is 7.45. The number of alkyl halides is 6. The average Bonchev–Trinajstić information content (AvgIpc) is 2.53. The van der Waals surface area contributed by atoms with Gasteiger partial charge >= 0.3 is 12.4 Å². The van der Waals surface area contributed by atoms with Crippen molar-refractivity contribution in [2.75, 3.05) is 6.61 Å². The third-order valence-electron chi connectivity index (χ3n) is 3.51. The number of benzene rings is 2. The van der Waals surface area contributed by atoms with Gasteiger partial charge in [0.2, 0.25) is 0 Å². The summed E-state index contributed by atoms with van der Waals surface area (Å²) in [5.74, 6) is 0. The molecule has 25 heavy (non-hydrogen) atoms. The van der Waals surface area contributed by atoms with Crippen molar-refractivity contribution in [3.8, 4) is 0 Å². The fourth-order valence-electron chi connectivity index (χ4n) is 2.24. The van der Waals surface area contributed by atoms with Crippen molar-refractivity contribution in [1.82, 2.24) is 0 Å². The molecule has 2 aromatic rings. The summed E-state index contributed by atoms with van der Waals surface area (Å²) in [5, 5.41) is 0. The lowest BCUT2D eigenvalue weighted by molar-refractivity contribution is -0.434. The number of ether oxygens (including phenoxy) is 1. The molecule has 0 heterocycles. The predicted molar refractivity (Wildman–Crippen MR) is 78.2 cm³/mol. The second-order valence-corrected chi connectivity index (χ2v) is 5.54. The first-order chi connectivity index (χ1) is 11.6. The van der Waals surface area contributed by atoms with Crippen molar-refractivity contribution >= 4 is 0 Å². The van der Waals surface area contributed by atoms with E-state index >= 15 is 0 Å². The molecule has 0 aliphatic carbocycles. The summed E-state index contributed by atoms with van der Waals surface area (Å²) in [4.78, 5) is 0. The van der Waals surface area contributed by atoms with Crippen molar-refractivity contribution in [2.45, 2.75) is 25.0 Å². The Balaban J connectivity index is 2.11. The van der Waals surface area contributed by atoms with E-state index < -0.39 is 23.5 Å². The molecule has 0 saturated heterocycles. The lowest BCUT2D eigenvalue weighted by Gasteiger charge is -2.15. The molecule has 0 bridgehead atoms. The highest BCUT2D eigenvalue weighted by Gasteiger charge is 2.36. The Labute approximate surface area is 140 Å². The van der Waals surface area contributed by atoms with Gasteiger partial charge in [-0.3, -0.25) is 0 Å². The maximum Gasteiger partial charge on any atom is 0.416 e. The maximum absolute atomic E-state index is 12.8. The number of halogens is 6. The van der Waals surface area contributed by atoms with Gasteiger partial charge in [-0.2, -0.15) is 26.3 Å². The van der Waals surface area contributed by atoms with Crippen LogP contribution in [0.2, 0.25) is 0 Å². The van der Waals surface area contributed by atoms with Gasteiger partial charge in [0.1, 0.15) is 12.6 Å². The Morgan fingerprint density at radius 2 is 1.36 bits per heavy atom. The molecule has 8 heteroatoms. The first kappa shape index (κ1) is 19.3. The van der Waals surface area contributed by atoms with E-state index in [0.717, 1.165) is 5.56 Å². The van der Waals surface area contributed by atoms with Gasteiger partial charge < -0.3 is 10.5 Å². The van der Waals surface area contributed by atoms with Crippen LogP contribution in [0.4, 0.5) is 26.3 Å². The Kier molecular flexibility index (Phi) is 5.74. The molecule has 0 aromatic heterocycles. The summed E-state index contributed by atoms with van der Waals surface area (Å²) in [6, 6.07) is 10.2. The molecule has 1 atom stereocenters. The largest absolute Gasteiger partial charge is 0.416 e. The molecule has 2 nitrogen and oxygen atoms in total. The van der Waals surface area contributed by atoms with Crippen LogP contribution in [0.15, 0.2) is 48.5 Å². The number of quaternary nitrogens is 1. The van der Waals surface area contributed by atoms with Crippen LogP contribution in [0, 0.1) is 0 Å². The monoisotopic (exact) mass is 364 g/mol. The van der Waals surface area contributed by atoms with Gasteiger partial charge in [-0.05, 0) is 23.8 Å². The zero-order chi connectivity index (χ0) is 18.7. The van der Waals surface area contributed by atoms with Gasteiger partial charge in [-0.1, -0.05) is 30.3 Å². The fourth-order valence-corrected chi connectivity index (χ4v) is 2.24. The SMILES string of the molecule is [NH3+]C(COCc1cc(C(F)(F)F)cc(C(F)(F)F)c1)c1ccccc1. The van der Waals surface area contributed by atoms with Crippen molar-refractivity contribution in [1.29, 1.82) is 0 Å². The van der Waals surface area contributed by atoms with Crippen molar-refractivity contribution in [3.63, 3.8) is 0 Å². The third-order valence-corrected chi connectivity index (χ3v) is 3.51. The molecule has 0 fully saturated rings. The summed E-state index contributed by atoms with van der Waals surface area (Å²) >= 11 is 0. The minimum absolute atomic E-state index is 0.0710. The van der Waals surface area contributed by atoms with Gasteiger partial charge in [0, 0.05) is 5.56 Å². The summed E-state index contributed by atoms with van der Waals surface area (Å²) in [7, 11) is 0. The smallest absolute Gasteiger partial charge is 0.370 e. The first-order valence-corrected chi connectivity index (χ1v) is 7.31. The Hall–Kier alpha value is -2.06. The summed E-state index contributed by atoms with van der Waals surface area (Å²) < 4.78 is 82.0. The van der Waals surface area contributed by atoms with Crippen molar-refractivity contribution < 1.29 is 36.8 Å². The molecule has 0 spiro atoms. The number of hydrogen-bond donors (Lipinski definition) is 1. The van der Waals surface area contributed by atoms with Crippen molar-refractivity contribution in [3.05, 3.63) is 70.8 Å². The lowest BCUT2D eigenvalue weighted by atomic mass is 10.1. The highest BCUT2D eigenvalue weighted by atomic mass is 19.4. The van der Waals surface area contributed by atoms with Gasteiger partial charge in [-0.25, -0.2) is 0 Å². The average molecular weight is 364 g/mol. The van der Waals surface area contributed by atoms with Gasteiger partial charge in [-0.15, -0.1) is 0 Å². The zero-order valence-electron chi connectivity index (χ0n) is 13.0. The summed E-state index contributed by atoms with van der Waals surface area (Å²) in [5.41, 5.74) is 1.84. The molecule has 0 aliphatic heterocycles. The molecule has 0 aliphatic rings. The highest BCUT2D eigenvalue weighted by molar-refractivity contribution is 5.33. The van der Waals surface area contributed by atoms with E-state index in [0.29, 0.717) is 12.1 Å². The Morgan fingerprint density at radius 3 is 1.84 bits per heavy atom. The second-order valence-electron chi connectivity index (χ2n) is 5.54. The predicted octanol–water partition coefficient (Wildman–Crippen LogP) is 4.22. The summed E-state index contributed by atoms with van der Waals surface area (Å²) in [6.07, 6.45) is -9.73. The van der Waals surface area contributed by atoms with Crippen LogP contribution < -0.4 is 5.73 Å². The molecule has 3 N–H and O–H groups in total. The van der Waals surface area contributed by atoms with Crippen LogP contribution in [-0.2, 0) is 23.7 Å². The van der Waals surface area contributed by atoms with Crippen LogP contribution >= 0.6 is 0 Å². The Bertz CT molecular complexity index is 664. The molecule has 136 valence electrons. The molecular formula is C17H16F6NO+. The van der Waals surface area contributed by atoms with Crippen LogP contribution in [0.5, 0.6) is 0 Å². The van der Waals surface area contributed by atoms with Crippen LogP contribution in [0.1, 0.15) is 28.3 Å². The fraction of sp³-hybridized carbons (Fsp3) is 0.294. The van der Waals surface area contributed by atoms with Crippen LogP contribution in [0.25, 0.3) is 0 Å². The molecule has 1 unspecified atom stereocenters. The minimum atomic E-state index is -4.87. The van der Waals surface area contributed by atoms with E-state index in [2.05, 4.69) is 5.73 Å². The quantitative estimate of drug-likeness (QED) is 0.793. The zero-order valence-corrected chi connectivity index (χ0v) is 13.0. The van der Waals surface area contributed by atoms with Gasteiger partial charge in [0.15, 0.2) is 0 Å². The maximum atomic E-state index is 12.8. The number of rotatable bonds is 5. The summed E-state index contributed by atoms with van der Waals surface area (Å²) in [6.45, 7) is -0.298. The van der Waals surface area contributed by atoms with E-state index in [9.17, 15) is 26.3 Å². The van der Waals surface area contributed by atoms with Gasteiger partial charge in [0.05, 0.1) is 17.7 Å². The highest BCUT2D eigenvalue weighted by Crippen LogP contribution is 2.36. The third kappa shape index (κ3) is 5.47. The van der Waals surface area contributed by atoms with Crippen LogP contribution in [-0.4, -0.2) is 6.61 Å². The van der Waals surface area contributed by atoms with E-state index in [1.165, 1.54) is 0 Å². The van der Waals surface area contributed by atoms with Crippen LogP contribution in [0.3, 0.4) is 0 Å². The van der Waals surface area contributed by atoms with E-state index in [1.54, 1.807) is 12.1 Å². The lowest BCUT2D eigenvalue weighted by Crippen LogP contribution is -2.55. The Morgan fingerprint density at radius 1 is 0.840 bits per heavy atom. The van der Waals surface area contributed by atoms with Gasteiger partial charge in [0.25, 0.3) is 0 Å². The first-order valence-electron chi connectivity index (χ1n) is 7.31. The van der Waals surface area contributed by atoms with E-state index in [-0.39, 0.29) is 30.9 Å². The van der Waals surface area contributed by atoms with E-state index in [1.807, 2.05) is 18.2 Å². The molecule has 0 radical (unpaired) electrons. The normalized spacial score (nSPS) is 13.7. The van der Waals surface area contributed by atoms with E-state index in [4.69, 9.17) is 4.74 Å². The molecule has 0 saturated carbocycles. The minimum Gasteiger partial charge on any atom is -0.370 e. The number of hydrogen-bond acceptors (Lipinski definition) is 1. The molecule has 0 amide bonds. The molecule has 2 rings (SSSR count). The molecule has 2 aromatic carbocycles. The molecular weight excluding hydrogens is 348 g/mol.